The van der Waals surface area contributed by atoms with Gasteiger partial charge in [-0.1, -0.05) is 49.4 Å². The maximum atomic E-state index is 10.1. The van der Waals surface area contributed by atoms with E-state index in [0.717, 1.165) is 19.3 Å². The molecule has 1 fully saturated rings. The van der Waals surface area contributed by atoms with Crippen LogP contribution in [0.5, 0.6) is 0 Å². The predicted molar refractivity (Wildman–Crippen MR) is 67.0 cm³/mol. The van der Waals surface area contributed by atoms with Gasteiger partial charge in [0.05, 0.1) is 13.2 Å². The van der Waals surface area contributed by atoms with Crippen LogP contribution in [0.25, 0.3) is 0 Å². The van der Waals surface area contributed by atoms with E-state index in [0.29, 0.717) is 32.7 Å². The molecule has 1 unspecified atom stereocenters. The van der Waals surface area contributed by atoms with Crippen molar-refractivity contribution < 1.29 is 9.84 Å². The lowest BCUT2D eigenvalue weighted by atomic mass is 10.1. The van der Waals surface area contributed by atoms with Crippen LogP contribution in [-0.2, 0) is 4.74 Å². The summed E-state index contributed by atoms with van der Waals surface area (Å²) in [4.78, 5) is 1.88. The number of hydrogen-bond donors (Lipinski definition) is 1. The molecule has 1 atom stereocenters. The highest BCUT2D eigenvalue weighted by molar-refractivity contribution is 6.48. The second kappa shape index (κ2) is 7.02. The molecule has 1 aliphatic rings. The van der Waals surface area contributed by atoms with Crippen LogP contribution in [0.15, 0.2) is 0 Å². The standard InChI is InChI=1S/C11H21Cl2NO2/c1-2-3-4-5-11(12,13)10(15)14-6-8-16-9-7-14/h10,15H,2-9H2,1H3. The smallest absolute Gasteiger partial charge is 0.157 e. The SMILES string of the molecule is CCCCCC(Cl)(Cl)C(O)N1CCOCC1. The molecule has 1 heterocycles. The van der Waals surface area contributed by atoms with Crippen LogP contribution < -0.4 is 0 Å². The lowest BCUT2D eigenvalue weighted by molar-refractivity contribution is -0.0664. The number of aliphatic hydroxyl groups is 1. The largest absolute Gasteiger partial charge is 0.379 e. The van der Waals surface area contributed by atoms with Gasteiger partial charge in [0.2, 0.25) is 0 Å². The minimum absolute atomic E-state index is 0.627. The summed E-state index contributed by atoms with van der Waals surface area (Å²) in [7, 11) is 0. The Hall–Kier alpha value is 0.460. The summed E-state index contributed by atoms with van der Waals surface area (Å²) < 4.78 is 4.16. The molecule has 3 nitrogen and oxygen atoms in total. The molecule has 5 heteroatoms. The highest BCUT2D eigenvalue weighted by Crippen LogP contribution is 2.33. The molecular formula is C11H21Cl2NO2. The Labute approximate surface area is 108 Å². The molecule has 0 spiro atoms. The maximum absolute atomic E-state index is 10.1. The number of aliphatic hydroxyl groups excluding tert-OH is 1. The Morgan fingerprint density at radius 1 is 1.31 bits per heavy atom. The number of rotatable bonds is 6. The van der Waals surface area contributed by atoms with Gasteiger partial charge in [0.15, 0.2) is 4.33 Å². The van der Waals surface area contributed by atoms with Gasteiger partial charge in [0.1, 0.15) is 6.23 Å². The lowest BCUT2D eigenvalue weighted by Crippen LogP contribution is -2.51. The number of halogens is 2. The molecule has 0 saturated carbocycles. The molecule has 16 heavy (non-hydrogen) atoms. The molecule has 0 amide bonds. The molecule has 1 N–H and O–H groups in total. The molecular weight excluding hydrogens is 249 g/mol. The van der Waals surface area contributed by atoms with E-state index in [-0.39, 0.29) is 0 Å². The van der Waals surface area contributed by atoms with Crippen molar-refractivity contribution in [2.24, 2.45) is 0 Å². The third-order valence-electron chi connectivity index (χ3n) is 2.88. The fraction of sp³-hybridized carbons (Fsp3) is 1.00. The number of nitrogens with zero attached hydrogens (tertiary/aromatic N) is 1. The molecule has 1 aliphatic heterocycles. The quantitative estimate of drug-likeness (QED) is 0.594. The molecule has 1 saturated heterocycles. The topological polar surface area (TPSA) is 32.7 Å². The summed E-state index contributed by atoms with van der Waals surface area (Å²) in [5, 5.41) is 10.1. The zero-order chi connectivity index (χ0) is 12.0. The van der Waals surface area contributed by atoms with Crippen molar-refractivity contribution in [2.75, 3.05) is 26.3 Å². The molecule has 0 aromatic carbocycles. The van der Waals surface area contributed by atoms with Crippen molar-refractivity contribution in [3.8, 4) is 0 Å². The number of morpholine rings is 1. The summed E-state index contributed by atoms with van der Waals surface area (Å²) in [6.07, 6.45) is 3.00. The summed E-state index contributed by atoms with van der Waals surface area (Å²) in [5.74, 6) is 0. The Bertz CT molecular complexity index is 196. The van der Waals surface area contributed by atoms with Gasteiger partial charge >= 0.3 is 0 Å². The molecule has 1 rings (SSSR count). The average Bonchev–Trinajstić information content (AvgIpc) is 2.29. The van der Waals surface area contributed by atoms with E-state index in [1.54, 1.807) is 0 Å². The Balaban J connectivity index is 2.39. The minimum Gasteiger partial charge on any atom is -0.379 e. The van der Waals surface area contributed by atoms with Crippen LogP contribution >= 0.6 is 23.2 Å². The lowest BCUT2D eigenvalue weighted by Gasteiger charge is -2.37. The van der Waals surface area contributed by atoms with Crippen LogP contribution in [0.4, 0.5) is 0 Å². The van der Waals surface area contributed by atoms with Crippen molar-refractivity contribution in [3.05, 3.63) is 0 Å². The van der Waals surface area contributed by atoms with E-state index < -0.39 is 10.6 Å². The summed E-state index contributed by atoms with van der Waals surface area (Å²) in [6, 6.07) is 0. The second-order valence-electron chi connectivity index (χ2n) is 4.24. The van der Waals surface area contributed by atoms with Crippen LogP contribution in [0.2, 0.25) is 0 Å². The van der Waals surface area contributed by atoms with Crippen molar-refractivity contribution in [1.82, 2.24) is 4.90 Å². The minimum atomic E-state index is -1.06. The van der Waals surface area contributed by atoms with Crippen molar-refractivity contribution in [1.29, 1.82) is 0 Å². The third-order valence-corrected chi connectivity index (χ3v) is 3.65. The van der Waals surface area contributed by atoms with E-state index in [1.807, 2.05) is 4.90 Å². The zero-order valence-electron chi connectivity index (χ0n) is 9.79. The van der Waals surface area contributed by atoms with Crippen molar-refractivity contribution in [3.63, 3.8) is 0 Å². The zero-order valence-corrected chi connectivity index (χ0v) is 11.3. The summed E-state index contributed by atoms with van der Waals surface area (Å²) in [6.45, 7) is 4.78. The molecule has 96 valence electrons. The van der Waals surface area contributed by atoms with Gasteiger partial charge in [-0.15, -0.1) is 0 Å². The predicted octanol–water partition coefficient (Wildman–Crippen LogP) is 2.39. The van der Waals surface area contributed by atoms with Gasteiger partial charge in [-0.05, 0) is 6.42 Å². The van der Waals surface area contributed by atoms with Gasteiger partial charge in [-0.2, -0.15) is 0 Å². The fourth-order valence-electron chi connectivity index (χ4n) is 1.83. The van der Waals surface area contributed by atoms with E-state index in [1.165, 1.54) is 0 Å². The van der Waals surface area contributed by atoms with E-state index in [9.17, 15) is 5.11 Å². The fourth-order valence-corrected chi connectivity index (χ4v) is 2.37. The number of unbranched alkanes of at least 4 members (excludes halogenated alkanes) is 2. The van der Waals surface area contributed by atoms with Crippen molar-refractivity contribution in [2.45, 2.75) is 43.2 Å². The Kier molecular flexibility index (Phi) is 6.37. The monoisotopic (exact) mass is 269 g/mol. The van der Waals surface area contributed by atoms with Crippen LogP contribution in [0.1, 0.15) is 32.6 Å². The Morgan fingerprint density at radius 2 is 1.94 bits per heavy atom. The third kappa shape index (κ3) is 4.38. The van der Waals surface area contributed by atoms with Gasteiger partial charge in [0.25, 0.3) is 0 Å². The first kappa shape index (κ1) is 14.5. The first-order valence-electron chi connectivity index (χ1n) is 5.95. The number of hydrogen-bond acceptors (Lipinski definition) is 3. The van der Waals surface area contributed by atoms with Gasteiger partial charge in [-0.3, -0.25) is 4.90 Å². The Morgan fingerprint density at radius 3 is 2.50 bits per heavy atom. The molecule has 0 aromatic rings. The van der Waals surface area contributed by atoms with Gasteiger partial charge in [0, 0.05) is 13.1 Å². The molecule has 0 aliphatic carbocycles. The molecule has 0 aromatic heterocycles. The number of alkyl halides is 2. The van der Waals surface area contributed by atoms with E-state index in [2.05, 4.69) is 6.92 Å². The summed E-state index contributed by atoms with van der Waals surface area (Å²) in [5.41, 5.74) is 0. The van der Waals surface area contributed by atoms with Gasteiger partial charge in [-0.25, -0.2) is 0 Å². The van der Waals surface area contributed by atoms with Crippen LogP contribution in [0.3, 0.4) is 0 Å². The summed E-state index contributed by atoms with van der Waals surface area (Å²) >= 11 is 12.4. The van der Waals surface area contributed by atoms with E-state index in [4.69, 9.17) is 27.9 Å². The van der Waals surface area contributed by atoms with Gasteiger partial charge < -0.3 is 9.84 Å². The van der Waals surface area contributed by atoms with Crippen LogP contribution in [-0.4, -0.2) is 46.9 Å². The highest BCUT2D eigenvalue weighted by Gasteiger charge is 2.37. The highest BCUT2D eigenvalue weighted by atomic mass is 35.5. The normalized spacial score (nSPS) is 21.0. The maximum Gasteiger partial charge on any atom is 0.157 e. The number of ether oxygens (including phenoxy) is 1. The molecule has 0 radical (unpaired) electrons. The average molecular weight is 270 g/mol. The first-order valence-corrected chi connectivity index (χ1v) is 6.71. The van der Waals surface area contributed by atoms with Crippen LogP contribution in [0, 0.1) is 0 Å². The second-order valence-corrected chi connectivity index (χ2v) is 5.78. The first-order chi connectivity index (χ1) is 7.58. The van der Waals surface area contributed by atoms with Crippen molar-refractivity contribution >= 4 is 23.2 Å². The molecule has 0 bridgehead atoms. The van der Waals surface area contributed by atoms with E-state index >= 15 is 0 Å².